The number of benzene rings is 1. The van der Waals surface area contributed by atoms with Crippen molar-refractivity contribution < 1.29 is 17.9 Å². The van der Waals surface area contributed by atoms with Gasteiger partial charge in [0.05, 0.1) is 6.61 Å². The Morgan fingerprint density at radius 1 is 1.26 bits per heavy atom. The van der Waals surface area contributed by atoms with Crippen LogP contribution in [0.2, 0.25) is 0 Å². The van der Waals surface area contributed by atoms with Gasteiger partial charge in [0, 0.05) is 18.7 Å². The predicted molar refractivity (Wildman–Crippen MR) is 70.7 cm³/mol. The van der Waals surface area contributed by atoms with Crippen molar-refractivity contribution in [1.82, 2.24) is 5.32 Å². The highest BCUT2D eigenvalue weighted by atomic mass is 32.2. The largest absolute Gasteiger partial charge is 0.493 e. The molecule has 1 aromatic rings. The molecule has 19 heavy (non-hydrogen) atoms. The molecule has 0 unspecified atom stereocenters. The Morgan fingerprint density at radius 3 is 2.89 bits per heavy atom. The van der Waals surface area contributed by atoms with Crippen molar-refractivity contribution in [3.63, 3.8) is 0 Å². The lowest BCUT2D eigenvalue weighted by molar-refractivity contribution is -0.0327. The second kappa shape index (κ2) is 6.52. The Bertz CT molecular complexity index is 423. The van der Waals surface area contributed by atoms with Crippen LogP contribution in [0.5, 0.6) is 5.75 Å². The first-order chi connectivity index (χ1) is 9.04. The first kappa shape index (κ1) is 14.5. The molecule has 0 aromatic heterocycles. The summed E-state index contributed by atoms with van der Waals surface area (Å²) in [5, 5.41) is 3.02. The van der Waals surface area contributed by atoms with E-state index >= 15 is 0 Å². The van der Waals surface area contributed by atoms with E-state index in [4.69, 9.17) is 4.74 Å². The molecule has 0 saturated heterocycles. The maximum absolute atomic E-state index is 11.9. The number of thioether (sulfide) groups is 1. The second-order valence-corrected chi connectivity index (χ2v) is 5.49. The standard InChI is InChI=1S/C13H16F3NOS/c14-13(15,16)19-8-6-17-5-3-10-1-2-12-11(9-10)4-7-18-12/h1-2,9,17H,3-8H2. The third-order valence-electron chi connectivity index (χ3n) is 2.89. The highest BCUT2D eigenvalue weighted by Gasteiger charge is 2.27. The van der Waals surface area contributed by atoms with Crippen LogP contribution in [-0.2, 0) is 12.8 Å². The van der Waals surface area contributed by atoms with E-state index in [0.717, 1.165) is 25.2 Å². The number of halogens is 3. The summed E-state index contributed by atoms with van der Waals surface area (Å²) in [5.74, 6) is 1.01. The number of rotatable bonds is 6. The molecule has 1 aromatic carbocycles. The van der Waals surface area contributed by atoms with Crippen LogP contribution in [0.1, 0.15) is 11.1 Å². The second-order valence-electron chi connectivity index (χ2n) is 4.33. The number of nitrogens with one attached hydrogen (secondary N) is 1. The van der Waals surface area contributed by atoms with E-state index in [1.54, 1.807) is 0 Å². The summed E-state index contributed by atoms with van der Waals surface area (Å²) in [5.41, 5.74) is -1.70. The number of hydrogen-bond donors (Lipinski definition) is 1. The van der Waals surface area contributed by atoms with Gasteiger partial charge >= 0.3 is 5.51 Å². The van der Waals surface area contributed by atoms with Crippen molar-refractivity contribution in [3.05, 3.63) is 29.3 Å². The van der Waals surface area contributed by atoms with Crippen LogP contribution in [0.3, 0.4) is 0 Å². The molecule has 0 atom stereocenters. The van der Waals surface area contributed by atoms with Gasteiger partial charge in [0.25, 0.3) is 0 Å². The fraction of sp³-hybridized carbons (Fsp3) is 0.538. The van der Waals surface area contributed by atoms with E-state index in [0.29, 0.717) is 13.1 Å². The van der Waals surface area contributed by atoms with E-state index in [2.05, 4.69) is 11.4 Å². The van der Waals surface area contributed by atoms with Crippen molar-refractivity contribution in [2.24, 2.45) is 0 Å². The van der Waals surface area contributed by atoms with E-state index < -0.39 is 5.51 Å². The molecule has 0 bridgehead atoms. The summed E-state index contributed by atoms with van der Waals surface area (Å²) in [6.07, 6.45) is 1.77. The van der Waals surface area contributed by atoms with Crippen molar-refractivity contribution in [1.29, 1.82) is 0 Å². The van der Waals surface area contributed by atoms with Gasteiger partial charge in [0.2, 0.25) is 0 Å². The van der Waals surface area contributed by atoms with E-state index in [1.165, 1.54) is 11.1 Å². The van der Waals surface area contributed by atoms with E-state index in [1.807, 2.05) is 12.1 Å². The van der Waals surface area contributed by atoms with Gasteiger partial charge in [-0.1, -0.05) is 12.1 Å². The molecule has 2 nitrogen and oxygen atoms in total. The SMILES string of the molecule is FC(F)(F)SCCNCCc1ccc2c(c1)CCO2. The molecule has 6 heteroatoms. The quantitative estimate of drug-likeness (QED) is 0.814. The molecule has 2 rings (SSSR count). The zero-order valence-electron chi connectivity index (χ0n) is 10.4. The van der Waals surface area contributed by atoms with Gasteiger partial charge in [-0.15, -0.1) is 0 Å². The van der Waals surface area contributed by atoms with E-state index in [-0.39, 0.29) is 17.5 Å². The lowest BCUT2D eigenvalue weighted by Gasteiger charge is -2.07. The summed E-state index contributed by atoms with van der Waals surface area (Å²) in [7, 11) is 0. The molecule has 1 aliphatic rings. The molecule has 0 amide bonds. The summed E-state index contributed by atoms with van der Waals surface area (Å²) >= 11 is 0.0171. The molecule has 1 aliphatic heterocycles. The molecule has 1 heterocycles. The summed E-state index contributed by atoms with van der Waals surface area (Å²) in [6.45, 7) is 1.81. The number of hydrogen-bond acceptors (Lipinski definition) is 3. The molecule has 106 valence electrons. The number of fused-ring (bicyclic) bond motifs is 1. The smallest absolute Gasteiger partial charge is 0.441 e. The minimum Gasteiger partial charge on any atom is -0.493 e. The van der Waals surface area contributed by atoms with Crippen LogP contribution in [0.15, 0.2) is 18.2 Å². The first-order valence-electron chi connectivity index (χ1n) is 6.20. The van der Waals surface area contributed by atoms with Crippen molar-refractivity contribution in [3.8, 4) is 5.75 Å². The first-order valence-corrected chi connectivity index (χ1v) is 7.19. The topological polar surface area (TPSA) is 21.3 Å². The highest BCUT2D eigenvalue weighted by molar-refractivity contribution is 8.00. The van der Waals surface area contributed by atoms with Crippen LogP contribution in [0.4, 0.5) is 13.2 Å². The molecular weight excluding hydrogens is 275 g/mol. The average Bonchev–Trinajstić information content (AvgIpc) is 2.79. The van der Waals surface area contributed by atoms with Gasteiger partial charge in [-0.3, -0.25) is 0 Å². The average molecular weight is 291 g/mol. The normalized spacial score (nSPS) is 14.3. The Kier molecular flexibility index (Phi) is 4.99. The summed E-state index contributed by atoms with van der Waals surface area (Å²) in [4.78, 5) is 0. The summed E-state index contributed by atoms with van der Waals surface area (Å²) in [6, 6.07) is 6.10. The highest BCUT2D eigenvalue weighted by Crippen LogP contribution is 2.29. The van der Waals surface area contributed by atoms with Crippen LogP contribution < -0.4 is 10.1 Å². The van der Waals surface area contributed by atoms with Crippen LogP contribution in [0.25, 0.3) is 0 Å². The Hall–Kier alpha value is -0.880. The Balaban J connectivity index is 1.63. The van der Waals surface area contributed by atoms with E-state index in [9.17, 15) is 13.2 Å². The predicted octanol–water partition coefficient (Wildman–Crippen LogP) is 3.01. The molecular formula is C13H16F3NOS. The van der Waals surface area contributed by atoms with Crippen molar-refractivity contribution in [2.45, 2.75) is 18.3 Å². The zero-order chi connectivity index (χ0) is 13.7. The molecule has 0 fully saturated rings. The summed E-state index contributed by atoms with van der Waals surface area (Å²) < 4.78 is 41.1. The van der Waals surface area contributed by atoms with Gasteiger partial charge in [0.15, 0.2) is 0 Å². The van der Waals surface area contributed by atoms with Gasteiger partial charge in [0.1, 0.15) is 5.75 Å². The molecule has 1 N–H and O–H groups in total. The van der Waals surface area contributed by atoms with Crippen LogP contribution in [-0.4, -0.2) is 31.0 Å². The molecule has 0 spiro atoms. The number of ether oxygens (including phenoxy) is 1. The monoisotopic (exact) mass is 291 g/mol. The molecule has 0 saturated carbocycles. The molecule has 0 aliphatic carbocycles. The van der Waals surface area contributed by atoms with Crippen LogP contribution >= 0.6 is 11.8 Å². The van der Waals surface area contributed by atoms with Crippen LogP contribution in [0, 0.1) is 0 Å². The molecule has 0 radical (unpaired) electrons. The third-order valence-corrected chi connectivity index (χ3v) is 3.62. The van der Waals surface area contributed by atoms with Gasteiger partial charge < -0.3 is 10.1 Å². The third kappa shape index (κ3) is 4.95. The zero-order valence-corrected chi connectivity index (χ0v) is 11.2. The maximum atomic E-state index is 11.9. The lowest BCUT2D eigenvalue weighted by atomic mass is 10.1. The maximum Gasteiger partial charge on any atom is 0.441 e. The fourth-order valence-electron chi connectivity index (χ4n) is 1.99. The van der Waals surface area contributed by atoms with Crippen molar-refractivity contribution >= 4 is 11.8 Å². The number of alkyl halides is 3. The minimum atomic E-state index is -4.12. The lowest BCUT2D eigenvalue weighted by Crippen LogP contribution is -2.21. The fourth-order valence-corrected chi connectivity index (χ4v) is 2.47. The Labute approximate surface area is 114 Å². The Morgan fingerprint density at radius 2 is 2.11 bits per heavy atom. The van der Waals surface area contributed by atoms with Crippen molar-refractivity contribution in [2.75, 3.05) is 25.4 Å². The minimum absolute atomic E-state index is 0.0171. The van der Waals surface area contributed by atoms with Gasteiger partial charge in [-0.25, -0.2) is 0 Å². The van der Waals surface area contributed by atoms with Gasteiger partial charge in [-0.2, -0.15) is 13.2 Å². The van der Waals surface area contributed by atoms with Gasteiger partial charge in [-0.05, 0) is 41.9 Å².